The molecule has 0 fully saturated rings. The lowest BCUT2D eigenvalue weighted by atomic mass is 9.87. The minimum Gasteiger partial charge on any atom is -0.483 e. The van der Waals surface area contributed by atoms with Gasteiger partial charge in [0.25, 0.3) is 5.91 Å². The Balaban J connectivity index is 2.19. The van der Waals surface area contributed by atoms with Crippen molar-refractivity contribution in [2.75, 3.05) is 6.61 Å². The number of ether oxygens (including phenoxy) is 1. The van der Waals surface area contributed by atoms with Crippen LogP contribution in [0.3, 0.4) is 0 Å². The molecule has 2 aromatic rings. The average molecular weight is 538 g/mol. The Morgan fingerprint density at radius 2 is 1.85 bits per heavy atom. The number of halogens is 2. The Hall–Kier alpha value is -2.05. The lowest BCUT2D eigenvalue weighted by Gasteiger charge is -2.29. The molecule has 0 bridgehead atoms. The van der Waals surface area contributed by atoms with E-state index in [9.17, 15) is 9.59 Å². The van der Waals surface area contributed by atoms with E-state index >= 15 is 0 Å². The van der Waals surface area contributed by atoms with Crippen molar-refractivity contribution in [3.8, 4) is 5.75 Å². The highest BCUT2D eigenvalue weighted by atomic mass is 79.9. The number of hydrogen-bond donors (Lipinski definition) is 1. The number of carbonyl (C=O) groups excluding carboxylic acids is 2. The first-order valence-electron chi connectivity index (χ1n) is 11.2. The Labute approximate surface area is 211 Å². The maximum Gasteiger partial charge on any atom is 0.261 e. The van der Waals surface area contributed by atoms with Crippen LogP contribution in [0.25, 0.3) is 0 Å². The summed E-state index contributed by atoms with van der Waals surface area (Å²) in [6, 6.07) is 12.5. The number of hydrogen-bond acceptors (Lipinski definition) is 3. The Kier molecular flexibility index (Phi) is 9.80. The first-order valence-corrected chi connectivity index (χ1v) is 12.4. The summed E-state index contributed by atoms with van der Waals surface area (Å²) in [5.74, 6) is 0.0970. The molecule has 0 aromatic heterocycles. The van der Waals surface area contributed by atoms with E-state index in [1.165, 1.54) is 4.90 Å². The molecule has 33 heavy (non-hydrogen) atoms. The highest BCUT2D eigenvalue weighted by Crippen LogP contribution is 2.31. The quantitative estimate of drug-likeness (QED) is 0.420. The number of carbonyl (C=O) groups is 2. The fourth-order valence-corrected chi connectivity index (χ4v) is 3.89. The molecular formula is C26H34BrClN2O3. The van der Waals surface area contributed by atoms with Gasteiger partial charge in [-0.15, -0.1) is 0 Å². The highest BCUT2D eigenvalue weighted by molar-refractivity contribution is 9.10. The molecule has 0 aliphatic carbocycles. The summed E-state index contributed by atoms with van der Waals surface area (Å²) < 4.78 is 6.63. The minimum absolute atomic E-state index is 0.00302. The van der Waals surface area contributed by atoms with Gasteiger partial charge in [-0.05, 0) is 77.0 Å². The van der Waals surface area contributed by atoms with Gasteiger partial charge in [-0.3, -0.25) is 9.59 Å². The fourth-order valence-electron chi connectivity index (χ4n) is 3.19. The molecule has 2 atom stereocenters. The summed E-state index contributed by atoms with van der Waals surface area (Å²) in [4.78, 5) is 27.5. The van der Waals surface area contributed by atoms with Crippen molar-refractivity contribution in [2.24, 2.45) is 0 Å². The number of nitrogens with zero attached hydrogens (tertiary/aromatic N) is 1. The molecule has 1 N–H and O–H groups in total. The van der Waals surface area contributed by atoms with Crippen LogP contribution in [0.1, 0.15) is 59.1 Å². The van der Waals surface area contributed by atoms with E-state index in [2.05, 4.69) is 42.0 Å². The molecule has 0 spiro atoms. The van der Waals surface area contributed by atoms with E-state index < -0.39 is 6.04 Å². The van der Waals surface area contributed by atoms with Crippen LogP contribution in [0, 0.1) is 0 Å². The van der Waals surface area contributed by atoms with Crippen LogP contribution >= 0.6 is 27.5 Å². The van der Waals surface area contributed by atoms with Gasteiger partial charge in [0.1, 0.15) is 11.8 Å². The summed E-state index contributed by atoms with van der Waals surface area (Å²) in [5.41, 5.74) is 2.00. The molecule has 2 aromatic carbocycles. The third-order valence-electron chi connectivity index (χ3n) is 5.56. The molecule has 2 unspecified atom stereocenters. The molecule has 0 radical (unpaired) electrons. The number of nitrogens with one attached hydrogen (secondary N) is 1. The van der Waals surface area contributed by atoms with Crippen molar-refractivity contribution in [2.45, 2.75) is 72.0 Å². The molecule has 7 heteroatoms. The number of amides is 2. The van der Waals surface area contributed by atoms with Crippen molar-refractivity contribution in [1.82, 2.24) is 10.2 Å². The molecular weight excluding hydrogens is 504 g/mol. The topological polar surface area (TPSA) is 58.6 Å². The van der Waals surface area contributed by atoms with Gasteiger partial charge in [-0.25, -0.2) is 0 Å². The monoisotopic (exact) mass is 536 g/mol. The van der Waals surface area contributed by atoms with Crippen LogP contribution < -0.4 is 10.1 Å². The van der Waals surface area contributed by atoms with Crippen molar-refractivity contribution in [3.05, 3.63) is 63.1 Å². The molecule has 180 valence electrons. The lowest BCUT2D eigenvalue weighted by molar-refractivity contribution is -0.142. The summed E-state index contributed by atoms with van der Waals surface area (Å²) in [5, 5.41) is 3.54. The van der Waals surface area contributed by atoms with Crippen molar-refractivity contribution < 1.29 is 14.3 Å². The fraction of sp³-hybridized carbons (Fsp3) is 0.462. The van der Waals surface area contributed by atoms with E-state index in [1.807, 2.05) is 44.2 Å². The van der Waals surface area contributed by atoms with E-state index in [1.54, 1.807) is 19.1 Å². The van der Waals surface area contributed by atoms with Crippen molar-refractivity contribution >= 4 is 39.3 Å². The SMILES string of the molecule is CCC(C)NC(=O)C(C)N(Cc1cccc(Cl)c1)C(=O)COc1ccc(C(C)(C)C)cc1Br. The normalized spacial score (nSPS) is 13.2. The largest absolute Gasteiger partial charge is 0.483 e. The summed E-state index contributed by atoms with van der Waals surface area (Å²) in [6.07, 6.45) is 0.808. The van der Waals surface area contributed by atoms with Crippen LogP contribution in [0.5, 0.6) is 5.75 Å². The van der Waals surface area contributed by atoms with E-state index in [0.29, 0.717) is 10.8 Å². The van der Waals surface area contributed by atoms with Gasteiger partial charge in [-0.1, -0.05) is 57.5 Å². The highest BCUT2D eigenvalue weighted by Gasteiger charge is 2.27. The Bertz CT molecular complexity index is 974. The molecule has 2 amide bonds. The Morgan fingerprint density at radius 3 is 2.42 bits per heavy atom. The second-order valence-electron chi connectivity index (χ2n) is 9.33. The van der Waals surface area contributed by atoms with Gasteiger partial charge in [-0.2, -0.15) is 0 Å². The predicted molar refractivity (Wildman–Crippen MR) is 138 cm³/mol. The van der Waals surface area contributed by atoms with Gasteiger partial charge >= 0.3 is 0 Å². The van der Waals surface area contributed by atoms with Gasteiger partial charge < -0.3 is 15.0 Å². The van der Waals surface area contributed by atoms with Crippen LogP contribution in [0.2, 0.25) is 5.02 Å². The van der Waals surface area contributed by atoms with Crippen LogP contribution in [-0.2, 0) is 21.5 Å². The second-order valence-corrected chi connectivity index (χ2v) is 10.6. The number of rotatable bonds is 9. The first kappa shape index (κ1) is 27.2. The van der Waals surface area contributed by atoms with Gasteiger partial charge in [0.2, 0.25) is 5.91 Å². The molecule has 0 aliphatic heterocycles. The molecule has 0 saturated heterocycles. The third-order valence-corrected chi connectivity index (χ3v) is 6.41. The Morgan fingerprint density at radius 1 is 1.15 bits per heavy atom. The lowest BCUT2D eigenvalue weighted by Crippen LogP contribution is -2.50. The molecule has 0 saturated carbocycles. The standard InChI is InChI=1S/C26H34BrClN2O3/c1-7-17(2)29-25(32)18(3)30(15-19-9-8-10-21(28)13-19)24(31)16-33-23-12-11-20(14-22(23)27)26(4,5)6/h8-14,17-18H,7,15-16H2,1-6H3,(H,29,32). The number of benzene rings is 2. The van der Waals surface area contributed by atoms with Crippen molar-refractivity contribution in [1.29, 1.82) is 0 Å². The maximum absolute atomic E-state index is 13.2. The maximum atomic E-state index is 13.2. The molecule has 0 heterocycles. The van der Waals surface area contributed by atoms with Gasteiger partial charge in [0, 0.05) is 17.6 Å². The zero-order valence-electron chi connectivity index (χ0n) is 20.2. The van der Waals surface area contributed by atoms with E-state index in [4.69, 9.17) is 16.3 Å². The average Bonchev–Trinajstić information content (AvgIpc) is 2.75. The van der Waals surface area contributed by atoms with Crippen LogP contribution in [-0.4, -0.2) is 35.4 Å². The second kappa shape index (κ2) is 11.9. The smallest absolute Gasteiger partial charge is 0.261 e. The molecule has 0 aliphatic rings. The predicted octanol–water partition coefficient (Wildman–Crippen LogP) is 6.11. The van der Waals surface area contributed by atoms with E-state index in [-0.39, 0.29) is 36.4 Å². The minimum atomic E-state index is -0.666. The summed E-state index contributed by atoms with van der Waals surface area (Å²) in [7, 11) is 0. The summed E-state index contributed by atoms with van der Waals surface area (Å²) in [6.45, 7) is 12.1. The molecule has 5 nitrogen and oxygen atoms in total. The van der Waals surface area contributed by atoms with E-state index in [0.717, 1.165) is 22.0 Å². The van der Waals surface area contributed by atoms with Crippen LogP contribution in [0.15, 0.2) is 46.9 Å². The first-order chi connectivity index (χ1) is 15.4. The van der Waals surface area contributed by atoms with Crippen LogP contribution in [0.4, 0.5) is 0 Å². The third kappa shape index (κ3) is 8.04. The summed E-state index contributed by atoms with van der Waals surface area (Å²) >= 11 is 9.68. The zero-order chi connectivity index (χ0) is 24.8. The van der Waals surface area contributed by atoms with Gasteiger partial charge in [0.05, 0.1) is 4.47 Å². The molecule has 2 rings (SSSR count). The zero-order valence-corrected chi connectivity index (χ0v) is 22.6. The van der Waals surface area contributed by atoms with Gasteiger partial charge in [0.15, 0.2) is 6.61 Å². The van der Waals surface area contributed by atoms with Crippen molar-refractivity contribution in [3.63, 3.8) is 0 Å².